The number of ether oxygens (including phenoxy) is 2. The molecule has 0 unspecified atom stereocenters. The molecule has 0 bridgehead atoms. The Morgan fingerprint density at radius 3 is 2.05 bits per heavy atom. The zero-order chi connectivity index (χ0) is 43.4. The van der Waals surface area contributed by atoms with E-state index in [1.807, 2.05) is 129 Å². The van der Waals surface area contributed by atoms with Crippen molar-refractivity contribution in [2.24, 2.45) is 0 Å². The van der Waals surface area contributed by atoms with Crippen molar-refractivity contribution in [1.29, 1.82) is 0 Å². The first-order valence-electron chi connectivity index (χ1n) is 20.9. The first kappa shape index (κ1) is 44.2. The number of pyridine rings is 1. The van der Waals surface area contributed by atoms with E-state index < -0.39 is 38.4 Å². The number of carbonyl (C=O) groups excluding carboxylic acids is 1. The van der Waals surface area contributed by atoms with Gasteiger partial charge in [-0.3, -0.25) is 4.98 Å². The van der Waals surface area contributed by atoms with Crippen LogP contribution in [-0.2, 0) is 33.5 Å². The molecule has 1 aliphatic rings. The summed E-state index contributed by atoms with van der Waals surface area (Å²) >= 11 is 3.65. The van der Waals surface area contributed by atoms with E-state index in [1.54, 1.807) is 12.0 Å². The van der Waals surface area contributed by atoms with Crippen LogP contribution in [0.25, 0.3) is 22.2 Å². The highest BCUT2D eigenvalue weighted by Crippen LogP contribution is 2.43. The number of alkyl halides is 2. The topological polar surface area (TPSA) is 69.1 Å². The molecule has 61 heavy (non-hydrogen) atoms. The molecule has 1 amide bonds. The van der Waals surface area contributed by atoms with Crippen molar-refractivity contribution >= 4 is 57.3 Å². The van der Waals surface area contributed by atoms with Crippen LogP contribution in [0.15, 0.2) is 126 Å². The largest absolute Gasteiger partial charge is 0.445 e. The van der Waals surface area contributed by atoms with Gasteiger partial charge in [-0.15, -0.1) is 0 Å². The quantitative estimate of drug-likeness (QED) is 0.101. The summed E-state index contributed by atoms with van der Waals surface area (Å²) < 4.78 is 55.7. The first-order chi connectivity index (χ1) is 29.3. The SMILES string of the molecule is CCn1c(-c2cc(N3CCN(C(=O)OCc4ccccc4)CC3)cnc2[C@H](C)OC)c(CC(F)(F)CO[Si](c2ccccc2)(c2ccccc2)C(C)(C)C)c2cc(Br)ccc21. The molecule has 6 aromatic rings. The number of aryl methyl sites for hydroxylation is 1. The van der Waals surface area contributed by atoms with Gasteiger partial charge in [0.1, 0.15) is 6.61 Å². The number of methoxy groups -OCH3 is 1. The number of amides is 1. The van der Waals surface area contributed by atoms with Gasteiger partial charge < -0.3 is 28.3 Å². The van der Waals surface area contributed by atoms with Gasteiger partial charge in [0, 0.05) is 67.2 Å². The van der Waals surface area contributed by atoms with Crippen LogP contribution < -0.4 is 15.3 Å². The number of hydrogen-bond donors (Lipinski definition) is 0. The number of nitrogens with zero attached hydrogens (tertiary/aromatic N) is 4. The fourth-order valence-corrected chi connectivity index (χ4v) is 13.7. The molecule has 1 atom stereocenters. The maximum Gasteiger partial charge on any atom is 0.410 e. The molecule has 1 fully saturated rings. The highest BCUT2D eigenvalue weighted by Gasteiger charge is 2.52. The molecule has 0 saturated carbocycles. The first-order valence-corrected chi connectivity index (χ1v) is 23.6. The Bertz CT molecular complexity index is 2380. The van der Waals surface area contributed by atoms with Crippen LogP contribution in [0.1, 0.15) is 57.5 Å². The lowest BCUT2D eigenvalue weighted by Gasteiger charge is -2.43. The Kier molecular flexibility index (Phi) is 13.5. The van der Waals surface area contributed by atoms with Gasteiger partial charge in [-0.25, -0.2) is 13.6 Å². The van der Waals surface area contributed by atoms with E-state index in [-0.39, 0.29) is 12.7 Å². The number of halogens is 3. The Balaban J connectivity index is 1.25. The monoisotopic (exact) mass is 908 g/mol. The fraction of sp³-hybridized carbons (Fsp3) is 0.347. The molecule has 7 rings (SSSR count). The van der Waals surface area contributed by atoms with Crippen LogP contribution in [0.5, 0.6) is 0 Å². The van der Waals surface area contributed by atoms with Crippen LogP contribution in [0.2, 0.25) is 5.04 Å². The molecule has 3 heterocycles. The maximum atomic E-state index is 17.2. The summed E-state index contributed by atoms with van der Waals surface area (Å²) in [6.45, 7) is 12.3. The lowest BCUT2D eigenvalue weighted by molar-refractivity contribution is -0.0427. The van der Waals surface area contributed by atoms with Gasteiger partial charge in [-0.05, 0) is 64.7 Å². The molecule has 1 saturated heterocycles. The van der Waals surface area contributed by atoms with Gasteiger partial charge in [0.25, 0.3) is 14.2 Å². The third-order valence-corrected chi connectivity index (χ3v) is 17.3. The smallest absolute Gasteiger partial charge is 0.410 e. The van der Waals surface area contributed by atoms with Crippen LogP contribution in [-0.4, -0.2) is 74.7 Å². The summed E-state index contributed by atoms with van der Waals surface area (Å²) in [7, 11) is -1.63. The molecule has 320 valence electrons. The van der Waals surface area contributed by atoms with E-state index in [4.69, 9.17) is 18.9 Å². The summed E-state index contributed by atoms with van der Waals surface area (Å²) in [5.41, 5.74) is 5.19. The van der Waals surface area contributed by atoms with E-state index >= 15 is 8.78 Å². The lowest BCUT2D eigenvalue weighted by atomic mass is 9.97. The van der Waals surface area contributed by atoms with E-state index in [1.165, 1.54) is 0 Å². The van der Waals surface area contributed by atoms with Gasteiger partial charge in [-0.2, -0.15) is 0 Å². The Labute approximate surface area is 367 Å². The second-order valence-electron chi connectivity index (χ2n) is 16.7. The molecule has 8 nitrogen and oxygen atoms in total. The highest BCUT2D eigenvalue weighted by molar-refractivity contribution is 9.10. The number of piperazine rings is 1. The zero-order valence-corrected chi connectivity index (χ0v) is 38.4. The predicted molar refractivity (Wildman–Crippen MR) is 247 cm³/mol. The number of fused-ring (bicyclic) bond motifs is 1. The predicted octanol–water partition coefficient (Wildman–Crippen LogP) is 10.4. The number of rotatable bonds is 14. The minimum Gasteiger partial charge on any atom is -0.445 e. The van der Waals surface area contributed by atoms with Gasteiger partial charge in [0.15, 0.2) is 0 Å². The third-order valence-electron chi connectivity index (χ3n) is 11.8. The third kappa shape index (κ3) is 9.33. The summed E-state index contributed by atoms with van der Waals surface area (Å²) in [5.74, 6) is -3.26. The van der Waals surface area contributed by atoms with Gasteiger partial charge in [0.05, 0.1) is 36.0 Å². The highest BCUT2D eigenvalue weighted by atomic mass is 79.9. The normalized spacial score (nSPS) is 14.4. The summed E-state index contributed by atoms with van der Waals surface area (Å²) in [6, 6.07) is 37.3. The molecule has 0 N–H and O–H groups in total. The van der Waals surface area contributed by atoms with Crippen molar-refractivity contribution in [2.75, 3.05) is 44.8 Å². The van der Waals surface area contributed by atoms with E-state index in [0.717, 1.165) is 42.6 Å². The van der Waals surface area contributed by atoms with E-state index in [0.29, 0.717) is 49.7 Å². The number of benzene rings is 4. The fourth-order valence-electron chi connectivity index (χ4n) is 8.72. The Morgan fingerprint density at radius 1 is 0.869 bits per heavy atom. The maximum absolute atomic E-state index is 17.2. The average molecular weight is 910 g/mol. The van der Waals surface area contributed by atoms with Crippen LogP contribution in [0.4, 0.5) is 19.3 Å². The van der Waals surface area contributed by atoms with Crippen molar-refractivity contribution < 1.29 is 27.5 Å². The number of aromatic nitrogens is 2. The molecule has 0 radical (unpaired) electrons. The number of carbonyl (C=O) groups is 1. The van der Waals surface area contributed by atoms with E-state index in [2.05, 4.69) is 52.2 Å². The molecule has 4 aromatic carbocycles. The average Bonchev–Trinajstić information content (AvgIpc) is 3.56. The molecule has 12 heteroatoms. The van der Waals surface area contributed by atoms with Crippen molar-refractivity contribution in [1.82, 2.24) is 14.5 Å². The number of anilines is 1. The lowest BCUT2D eigenvalue weighted by Crippen LogP contribution is -2.67. The van der Waals surface area contributed by atoms with Gasteiger partial charge >= 0.3 is 6.09 Å². The standard InChI is InChI=1S/C49H55BrF2N4O4Si/c1-7-56-44-24-23-37(50)29-41(44)43(31-49(51,52)34-60-61(48(3,4)5,39-19-13-9-14-20-39)40-21-15-10-16-22-40)46(56)42-30-38(32-53-45(42)35(2)58-6)54-25-27-55(28-26-54)47(57)59-33-36-17-11-8-12-18-36/h8-24,29-30,32,35H,7,25-28,31,33-34H2,1-6H3/t35-/m0/s1. The van der Waals surface area contributed by atoms with Gasteiger partial charge in [-0.1, -0.05) is 128 Å². The summed E-state index contributed by atoms with van der Waals surface area (Å²) in [4.78, 5) is 21.9. The van der Waals surface area contributed by atoms with Crippen molar-refractivity contribution in [2.45, 2.75) is 71.3 Å². The van der Waals surface area contributed by atoms with Crippen LogP contribution >= 0.6 is 15.9 Å². The molecular formula is C49H55BrF2N4O4Si. The molecule has 0 spiro atoms. The number of hydrogen-bond acceptors (Lipinski definition) is 6. The molecule has 1 aliphatic heterocycles. The molecular weight excluding hydrogens is 855 g/mol. The minimum absolute atomic E-state index is 0.210. The van der Waals surface area contributed by atoms with E-state index in [9.17, 15) is 4.79 Å². The second-order valence-corrected chi connectivity index (χ2v) is 22.0. The molecule has 2 aromatic heterocycles. The Morgan fingerprint density at radius 2 is 1.48 bits per heavy atom. The minimum atomic E-state index is -3.26. The van der Waals surface area contributed by atoms with Crippen LogP contribution in [0.3, 0.4) is 0 Å². The van der Waals surface area contributed by atoms with Crippen molar-refractivity contribution in [3.8, 4) is 11.3 Å². The zero-order valence-electron chi connectivity index (χ0n) is 35.8. The molecule has 0 aliphatic carbocycles. The summed E-state index contributed by atoms with van der Waals surface area (Å²) in [6.07, 6.45) is 0.478. The second kappa shape index (κ2) is 18.6. The van der Waals surface area contributed by atoms with Gasteiger partial charge in [0.2, 0.25) is 0 Å². The Hall–Kier alpha value is -4.88. The summed E-state index contributed by atoms with van der Waals surface area (Å²) in [5, 5.41) is 2.16. The van der Waals surface area contributed by atoms with Crippen LogP contribution in [0, 0.1) is 0 Å². The van der Waals surface area contributed by atoms with Crippen molar-refractivity contribution in [3.05, 3.63) is 143 Å². The van der Waals surface area contributed by atoms with Crippen molar-refractivity contribution in [3.63, 3.8) is 0 Å².